The number of hydrogen-bond donors (Lipinski definition) is 1. The molecule has 0 bridgehead atoms. The Labute approximate surface area is 115 Å². The van der Waals surface area contributed by atoms with Crippen molar-refractivity contribution < 1.29 is 4.79 Å². The molecule has 2 rings (SSSR count). The summed E-state index contributed by atoms with van der Waals surface area (Å²) >= 11 is 0. The van der Waals surface area contributed by atoms with Crippen LogP contribution < -0.4 is 5.73 Å². The van der Waals surface area contributed by atoms with Crippen molar-refractivity contribution in [1.82, 2.24) is 4.90 Å². The average molecular weight is 260 g/mol. The number of carbonyl (C=O) groups excluding carboxylic acids is 1. The molecular formula is C16H24N2O. The van der Waals surface area contributed by atoms with Gasteiger partial charge in [-0.1, -0.05) is 37.3 Å². The molecule has 3 nitrogen and oxygen atoms in total. The molecule has 1 saturated carbocycles. The summed E-state index contributed by atoms with van der Waals surface area (Å²) in [5.41, 5.74) is 7.15. The summed E-state index contributed by atoms with van der Waals surface area (Å²) in [6.45, 7) is 3.61. The topological polar surface area (TPSA) is 46.3 Å². The zero-order chi connectivity index (χ0) is 13.7. The van der Waals surface area contributed by atoms with Crippen LogP contribution in [-0.2, 0) is 11.3 Å². The zero-order valence-electron chi connectivity index (χ0n) is 11.8. The summed E-state index contributed by atoms with van der Waals surface area (Å²) in [7, 11) is 0. The first-order valence-corrected chi connectivity index (χ1v) is 7.23. The van der Waals surface area contributed by atoms with E-state index >= 15 is 0 Å². The zero-order valence-corrected chi connectivity index (χ0v) is 11.8. The molecule has 0 spiro atoms. The van der Waals surface area contributed by atoms with Crippen molar-refractivity contribution in [2.24, 2.45) is 5.73 Å². The highest BCUT2D eigenvalue weighted by molar-refractivity contribution is 5.77. The molecule has 104 valence electrons. The van der Waals surface area contributed by atoms with E-state index in [1.807, 2.05) is 23.1 Å². The van der Waals surface area contributed by atoms with Gasteiger partial charge in [-0.15, -0.1) is 0 Å². The van der Waals surface area contributed by atoms with Crippen LogP contribution in [-0.4, -0.2) is 22.9 Å². The summed E-state index contributed by atoms with van der Waals surface area (Å²) in [6, 6.07) is 10.2. The maximum absolute atomic E-state index is 12.4. The Kier molecular flexibility index (Phi) is 4.59. The number of nitrogens with two attached hydrogens (primary N) is 1. The highest BCUT2D eigenvalue weighted by Crippen LogP contribution is 2.32. The van der Waals surface area contributed by atoms with Crippen molar-refractivity contribution in [3.63, 3.8) is 0 Å². The van der Waals surface area contributed by atoms with Crippen LogP contribution in [0.4, 0.5) is 0 Å². The van der Waals surface area contributed by atoms with Gasteiger partial charge in [0.25, 0.3) is 0 Å². The molecular weight excluding hydrogens is 236 g/mol. The van der Waals surface area contributed by atoms with Crippen molar-refractivity contribution in [2.45, 2.75) is 51.1 Å². The van der Waals surface area contributed by atoms with Gasteiger partial charge in [-0.2, -0.15) is 0 Å². The van der Waals surface area contributed by atoms with Crippen molar-refractivity contribution in [2.75, 3.05) is 6.54 Å². The lowest BCUT2D eigenvalue weighted by molar-refractivity contribution is -0.134. The Bertz CT molecular complexity index is 412. The molecule has 0 radical (unpaired) electrons. The molecule has 1 aromatic rings. The van der Waals surface area contributed by atoms with Gasteiger partial charge in [0.15, 0.2) is 0 Å². The number of benzene rings is 1. The number of amides is 1. The first-order chi connectivity index (χ1) is 9.13. The van der Waals surface area contributed by atoms with Gasteiger partial charge in [-0.25, -0.2) is 0 Å². The largest absolute Gasteiger partial charge is 0.338 e. The lowest BCUT2D eigenvalue weighted by Crippen LogP contribution is -2.50. The van der Waals surface area contributed by atoms with Crippen LogP contribution >= 0.6 is 0 Å². The number of hydrogen-bond acceptors (Lipinski definition) is 2. The SMILES string of the molecule is CCCN(Cc1ccccc1)C(=O)CC1(N)CCC1. The van der Waals surface area contributed by atoms with E-state index in [1.165, 1.54) is 5.56 Å². The fourth-order valence-corrected chi connectivity index (χ4v) is 2.59. The second-order valence-electron chi connectivity index (χ2n) is 5.69. The lowest BCUT2D eigenvalue weighted by Gasteiger charge is -2.39. The monoisotopic (exact) mass is 260 g/mol. The molecule has 0 atom stereocenters. The van der Waals surface area contributed by atoms with E-state index in [-0.39, 0.29) is 11.4 Å². The second kappa shape index (κ2) is 6.20. The molecule has 1 aliphatic rings. The average Bonchev–Trinajstić information content (AvgIpc) is 2.37. The van der Waals surface area contributed by atoms with Gasteiger partial charge in [0.1, 0.15) is 0 Å². The van der Waals surface area contributed by atoms with E-state index in [0.29, 0.717) is 13.0 Å². The van der Waals surface area contributed by atoms with Crippen LogP contribution in [0, 0.1) is 0 Å². The Morgan fingerprint density at radius 1 is 1.32 bits per heavy atom. The molecule has 1 amide bonds. The first-order valence-electron chi connectivity index (χ1n) is 7.23. The van der Waals surface area contributed by atoms with E-state index in [1.54, 1.807) is 0 Å². The van der Waals surface area contributed by atoms with Gasteiger partial charge in [-0.3, -0.25) is 4.79 Å². The fraction of sp³-hybridized carbons (Fsp3) is 0.562. The minimum Gasteiger partial charge on any atom is -0.338 e. The highest BCUT2D eigenvalue weighted by atomic mass is 16.2. The van der Waals surface area contributed by atoms with Crippen molar-refractivity contribution in [3.8, 4) is 0 Å². The van der Waals surface area contributed by atoms with Crippen LogP contribution in [0.1, 0.15) is 44.6 Å². The van der Waals surface area contributed by atoms with E-state index in [0.717, 1.165) is 32.2 Å². The Balaban J connectivity index is 1.96. The number of rotatable bonds is 6. The quantitative estimate of drug-likeness (QED) is 0.854. The molecule has 1 fully saturated rings. The van der Waals surface area contributed by atoms with Crippen LogP contribution in [0.5, 0.6) is 0 Å². The lowest BCUT2D eigenvalue weighted by atomic mass is 9.75. The summed E-state index contributed by atoms with van der Waals surface area (Å²) in [5, 5.41) is 0. The van der Waals surface area contributed by atoms with Crippen molar-refractivity contribution in [1.29, 1.82) is 0 Å². The standard InChI is InChI=1S/C16H24N2O/c1-2-11-18(13-14-7-4-3-5-8-14)15(19)12-16(17)9-6-10-16/h3-5,7-8H,2,6,9-13,17H2,1H3. The maximum atomic E-state index is 12.4. The molecule has 0 aliphatic heterocycles. The number of nitrogens with zero attached hydrogens (tertiary/aromatic N) is 1. The molecule has 0 unspecified atom stereocenters. The maximum Gasteiger partial charge on any atom is 0.224 e. The van der Waals surface area contributed by atoms with Gasteiger partial charge in [-0.05, 0) is 31.2 Å². The molecule has 1 aliphatic carbocycles. The molecule has 2 N–H and O–H groups in total. The van der Waals surface area contributed by atoms with Gasteiger partial charge in [0, 0.05) is 25.0 Å². The Hall–Kier alpha value is -1.35. The van der Waals surface area contributed by atoms with E-state index in [4.69, 9.17) is 5.73 Å². The van der Waals surface area contributed by atoms with Crippen LogP contribution in [0.3, 0.4) is 0 Å². The summed E-state index contributed by atoms with van der Waals surface area (Å²) in [4.78, 5) is 14.3. The third-order valence-corrected chi connectivity index (χ3v) is 3.92. The normalized spacial score (nSPS) is 16.7. The first kappa shape index (κ1) is 14.1. The van der Waals surface area contributed by atoms with Crippen LogP contribution in [0.15, 0.2) is 30.3 Å². The van der Waals surface area contributed by atoms with E-state index in [2.05, 4.69) is 19.1 Å². The summed E-state index contributed by atoms with van der Waals surface area (Å²) in [6.07, 6.45) is 4.63. The molecule has 19 heavy (non-hydrogen) atoms. The van der Waals surface area contributed by atoms with Gasteiger partial charge < -0.3 is 10.6 Å². The molecule has 0 saturated heterocycles. The van der Waals surface area contributed by atoms with E-state index < -0.39 is 0 Å². The van der Waals surface area contributed by atoms with Crippen LogP contribution in [0.25, 0.3) is 0 Å². The van der Waals surface area contributed by atoms with Crippen LogP contribution in [0.2, 0.25) is 0 Å². The minimum absolute atomic E-state index is 0.202. The summed E-state index contributed by atoms with van der Waals surface area (Å²) < 4.78 is 0. The fourth-order valence-electron chi connectivity index (χ4n) is 2.59. The third-order valence-electron chi connectivity index (χ3n) is 3.92. The smallest absolute Gasteiger partial charge is 0.224 e. The number of carbonyl (C=O) groups is 1. The molecule has 0 aromatic heterocycles. The predicted molar refractivity (Wildman–Crippen MR) is 77.5 cm³/mol. The van der Waals surface area contributed by atoms with Crippen molar-refractivity contribution in [3.05, 3.63) is 35.9 Å². The molecule has 0 heterocycles. The van der Waals surface area contributed by atoms with Gasteiger partial charge >= 0.3 is 0 Å². The highest BCUT2D eigenvalue weighted by Gasteiger charge is 2.35. The van der Waals surface area contributed by atoms with E-state index in [9.17, 15) is 4.79 Å². The predicted octanol–water partition coefficient (Wildman–Crippen LogP) is 2.70. The second-order valence-corrected chi connectivity index (χ2v) is 5.69. The third kappa shape index (κ3) is 3.80. The minimum atomic E-state index is -0.222. The molecule has 3 heteroatoms. The van der Waals surface area contributed by atoms with Crippen molar-refractivity contribution >= 4 is 5.91 Å². The van der Waals surface area contributed by atoms with Gasteiger partial charge in [0.2, 0.25) is 5.91 Å². The van der Waals surface area contributed by atoms with Gasteiger partial charge in [0.05, 0.1) is 0 Å². The Morgan fingerprint density at radius 2 is 2.00 bits per heavy atom. The Morgan fingerprint density at radius 3 is 2.53 bits per heavy atom. The molecule has 1 aromatic carbocycles. The summed E-state index contributed by atoms with van der Waals surface area (Å²) in [5.74, 6) is 0.202.